The second kappa shape index (κ2) is 43.3. The predicted octanol–water partition coefficient (Wildman–Crippen LogP) is 32.9. The lowest BCUT2D eigenvalue weighted by molar-refractivity contribution is 0.111. The van der Waals surface area contributed by atoms with Gasteiger partial charge < -0.3 is 19.6 Å². The van der Waals surface area contributed by atoms with E-state index in [1.54, 1.807) is 0 Å². The van der Waals surface area contributed by atoms with Crippen molar-refractivity contribution >= 4 is 95.8 Å². The molecule has 0 aromatic heterocycles. The van der Waals surface area contributed by atoms with Gasteiger partial charge >= 0.3 is 0 Å². The van der Waals surface area contributed by atoms with Crippen LogP contribution in [0.2, 0.25) is 0 Å². The molecular formula is C132H124N4O8. The van der Waals surface area contributed by atoms with E-state index in [0.717, 1.165) is 217 Å². The van der Waals surface area contributed by atoms with Crippen LogP contribution in [-0.2, 0) is 21.7 Å². The summed E-state index contributed by atoms with van der Waals surface area (Å²) in [6.45, 7) is 31.2. The molecule has 0 atom stereocenters. The number of anilines is 8. The first-order chi connectivity index (χ1) is 69.8. The van der Waals surface area contributed by atoms with Crippen LogP contribution < -0.4 is 19.6 Å². The molecule has 0 saturated carbocycles. The molecule has 0 spiro atoms. The van der Waals surface area contributed by atoms with E-state index < -0.39 is 0 Å². The average molecular weight is 1890 g/mol. The first-order valence-electron chi connectivity index (χ1n) is 50.6. The van der Waals surface area contributed by atoms with Crippen molar-refractivity contribution in [3.05, 3.63) is 429 Å². The highest BCUT2D eigenvalue weighted by molar-refractivity contribution is 5.92. The van der Waals surface area contributed by atoms with Crippen LogP contribution in [0.3, 0.4) is 0 Å². The van der Waals surface area contributed by atoms with Gasteiger partial charge in [-0.1, -0.05) is 351 Å². The Bertz CT molecular complexity index is 6130. The van der Waals surface area contributed by atoms with Crippen molar-refractivity contribution in [1.29, 1.82) is 0 Å². The number of benzene rings is 16. The van der Waals surface area contributed by atoms with Crippen molar-refractivity contribution in [1.82, 2.24) is 0 Å². The zero-order valence-corrected chi connectivity index (χ0v) is 84.5. The molecule has 0 N–H and O–H groups in total. The zero-order valence-electron chi connectivity index (χ0n) is 84.5. The van der Waals surface area contributed by atoms with Gasteiger partial charge in [-0.25, -0.2) is 0 Å². The normalized spacial score (nSPS) is 13.6. The van der Waals surface area contributed by atoms with Gasteiger partial charge in [0.25, 0.3) is 0 Å². The standard InChI is InChI=1S/4C33H31NO2/c4*1-4-5-18-34-31-16-14-27(25-10-6-23(21-35)7-11-25)19-29(31)33(2,3)30-20-28(15-17-32(30)34)26-12-8-24(22-36)9-13-26/h4*6-17,19-22H,4-5,18H2,1-3H3. The molecule has 16 aromatic rings. The van der Waals surface area contributed by atoms with Gasteiger partial charge in [0.15, 0.2) is 0 Å². The van der Waals surface area contributed by atoms with E-state index in [4.69, 9.17) is 0 Å². The first-order valence-corrected chi connectivity index (χ1v) is 50.6. The topological polar surface area (TPSA) is 150 Å². The van der Waals surface area contributed by atoms with Gasteiger partial charge in [-0.15, -0.1) is 0 Å². The number of aldehydes is 8. The molecule has 0 amide bonds. The van der Waals surface area contributed by atoms with Gasteiger partial charge in [-0.3, -0.25) is 38.4 Å². The summed E-state index contributed by atoms with van der Waals surface area (Å²) >= 11 is 0. The molecule has 0 bridgehead atoms. The van der Waals surface area contributed by atoms with Crippen molar-refractivity contribution in [2.45, 2.75) is 156 Å². The van der Waals surface area contributed by atoms with E-state index in [-0.39, 0.29) is 21.7 Å². The van der Waals surface area contributed by atoms with Crippen molar-refractivity contribution in [2.75, 3.05) is 45.8 Å². The third-order valence-corrected chi connectivity index (χ3v) is 29.7. The SMILES string of the molecule is CCCCN1c2ccc(-c3ccc(C=O)cc3)cc2C(C)(C)c2cc(-c3ccc(C=O)cc3)ccc21.CCCCN1c2ccc(-c3ccc(C=O)cc3)cc2C(C)(C)c2cc(-c3ccc(C=O)cc3)ccc21.CCCCN1c2ccc(-c3ccc(C=O)cc3)cc2C(C)(C)c2cc(-c3ccc(C=O)cc3)ccc21.CCCCN1c2ccc(-c3ccc(C=O)cc3)cc2C(C)(C)c2cc(-c3ccc(C=O)cc3)ccc21. The fourth-order valence-corrected chi connectivity index (χ4v) is 21.0. The van der Waals surface area contributed by atoms with E-state index in [1.165, 1.54) is 90.0 Å². The maximum atomic E-state index is 11.1. The molecular weight excluding hydrogens is 1770 g/mol. The molecule has 144 heavy (non-hydrogen) atoms. The smallest absolute Gasteiger partial charge is 0.150 e. The molecule has 4 heterocycles. The minimum absolute atomic E-state index is 0.203. The van der Waals surface area contributed by atoms with Crippen LogP contribution >= 0.6 is 0 Å². The Balaban J connectivity index is 0.000000132. The number of carbonyl (C=O) groups excluding carboxylic acids is 8. The highest BCUT2D eigenvalue weighted by Gasteiger charge is 2.42. The summed E-state index contributed by atoms with van der Waals surface area (Å²) in [5.41, 5.74) is 43.2. The van der Waals surface area contributed by atoms with Gasteiger partial charge in [0.2, 0.25) is 0 Å². The Morgan fingerprint density at radius 1 is 0.160 bits per heavy atom. The molecule has 20 rings (SSSR count). The van der Waals surface area contributed by atoms with Gasteiger partial charge in [0.1, 0.15) is 50.3 Å². The minimum Gasteiger partial charge on any atom is -0.341 e. The maximum absolute atomic E-state index is 11.1. The van der Waals surface area contributed by atoms with Gasteiger partial charge in [0, 0.05) is 138 Å². The maximum Gasteiger partial charge on any atom is 0.150 e. The predicted molar refractivity (Wildman–Crippen MR) is 594 cm³/mol. The monoisotopic (exact) mass is 1890 g/mol. The number of rotatable bonds is 28. The summed E-state index contributed by atoms with van der Waals surface area (Å²) in [6, 6.07) is 116. The van der Waals surface area contributed by atoms with Crippen LogP contribution in [0.5, 0.6) is 0 Å². The number of hydrogen-bond donors (Lipinski definition) is 0. The van der Waals surface area contributed by atoms with Crippen LogP contribution in [0.25, 0.3) is 89.0 Å². The number of fused-ring (bicyclic) bond motifs is 8. The molecule has 12 heteroatoms. The van der Waals surface area contributed by atoms with Crippen molar-refractivity contribution in [2.24, 2.45) is 0 Å². The first kappa shape index (κ1) is 99.6. The fraction of sp³-hybridized carbons (Fsp3) is 0.212. The summed E-state index contributed by atoms with van der Waals surface area (Å²) in [6.07, 6.45) is 16.0. The average Bonchev–Trinajstić information content (AvgIpc) is 0.737. The summed E-state index contributed by atoms with van der Waals surface area (Å²) < 4.78 is 0. The molecule has 0 unspecified atom stereocenters. The molecule has 0 fully saturated rings. The molecule has 12 nitrogen and oxygen atoms in total. The van der Waals surface area contributed by atoms with Crippen molar-refractivity contribution < 1.29 is 38.4 Å². The van der Waals surface area contributed by atoms with Crippen LogP contribution in [0.15, 0.2) is 340 Å². The highest BCUT2D eigenvalue weighted by Crippen LogP contribution is 2.57. The molecule has 4 aliphatic heterocycles. The van der Waals surface area contributed by atoms with Crippen molar-refractivity contribution in [3.63, 3.8) is 0 Å². The largest absolute Gasteiger partial charge is 0.341 e. The van der Waals surface area contributed by atoms with Gasteiger partial charge in [-0.05, 0) is 256 Å². The van der Waals surface area contributed by atoms with Crippen LogP contribution in [-0.4, -0.2) is 76.5 Å². The summed E-state index contributed by atoms with van der Waals surface area (Å²) in [7, 11) is 0. The number of carbonyl (C=O) groups is 8. The van der Waals surface area contributed by atoms with Gasteiger partial charge in [-0.2, -0.15) is 0 Å². The van der Waals surface area contributed by atoms with Crippen molar-refractivity contribution in [3.8, 4) is 89.0 Å². The third-order valence-electron chi connectivity index (χ3n) is 29.7. The molecule has 4 aliphatic rings. The zero-order chi connectivity index (χ0) is 101. The Morgan fingerprint density at radius 2 is 0.264 bits per heavy atom. The highest BCUT2D eigenvalue weighted by atomic mass is 16.1. The van der Waals surface area contributed by atoms with E-state index in [9.17, 15) is 38.4 Å². The quantitative estimate of drug-likeness (QED) is 0.0430. The minimum atomic E-state index is -0.203. The Morgan fingerprint density at radius 3 is 0.361 bits per heavy atom. The van der Waals surface area contributed by atoms with Crippen LogP contribution in [0, 0.1) is 0 Å². The Labute approximate surface area is 848 Å². The second-order valence-corrected chi connectivity index (χ2v) is 40.3. The van der Waals surface area contributed by atoms with Gasteiger partial charge in [0.05, 0.1) is 0 Å². The second-order valence-electron chi connectivity index (χ2n) is 40.3. The molecule has 16 aromatic carbocycles. The van der Waals surface area contributed by atoms with E-state index in [2.05, 4.69) is 248 Å². The Kier molecular flexibility index (Phi) is 29.9. The number of nitrogens with zero attached hydrogens (tertiary/aromatic N) is 4. The summed E-state index contributed by atoms with van der Waals surface area (Å²) in [4.78, 5) is 98.8. The number of unbranched alkanes of at least 4 members (excludes halogenated alkanes) is 4. The summed E-state index contributed by atoms with van der Waals surface area (Å²) in [5.74, 6) is 0. The molecule has 0 aliphatic carbocycles. The Hall–Kier alpha value is -15.9. The van der Waals surface area contributed by atoms with E-state index in [1.807, 2.05) is 194 Å². The molecule has 0 radical (unpaired) electrons. The lowest BCUT2D eigenvalue weighted by Gasteiger charge is -2.42. The third kappa shape index (κ3) is 20.3. The molecule has 720 valence electrons. The summed E-state index contributed by atoms with van der Waals surface area (Å²) in [5, 5.41) is 0. The number of hydrogen-bond acceptors (Lipinski definition) is 12. The fourth-order valence-electron chi connectivity index (χ4n) is 21.0. The van der Waals surface area contributed by atoms with E-state index >= 15 is 0 Å². The lowest BCUT2D eigenvalue weighted by atomic mass is 9.72. The van der Waals surface area contributed by atoms with Crippen LogP contribution in [0.1, 0.15) is 262 Å². The lowest BCUT2D eigenvalue weighted by Crippen LogP contribution is -2.33. The van der Waals surface area contributed by atoms with E-state index in [0.29, 0.717) is 44.5 Å². The molecule has 0 saturated heterocycles. The van der Waals surface area contributed by atoms with Crippen LogP contribution in [0.4, 0.5) is 45.5 Å².